The molecule has 1 aromatic heterocycles. The third kappa shape index (κ3) is 2.98. The minimum absolute atomic E-state index is 0.444. The quantitative estimate of drug-likeness (QED) is 0.739. The molecule has 1 fully saturated rings. The highest BCUT2D eigenvalue weighted by Gasteiger charge is 2.32. The number of aryl methyl sites for hydroxylation is 2. The average molecular weight is 313 g/mol. The summed E-state index contributed by atoms with van der Waals surface area (Å²) in [6.07, 6.45) is 9.01. The van der Waals surface area contributed by atoms with E-state index in [1.807, 2.05) is 0 Å². The molecule has 2 rings (SSSR count). The van der Waals surface area contributed by atoms with Gasteiger partial charge in [0.15, 0.2) is 0 Å². The molecule has 1 saturated carbocycles. The predicted molar refractivity (Wildman–Crippen MR) is 80.3 cm³/mol. The normalized spacial score (nSPS) is 19.1. The molecule has 1 aliphatic carbocycles. The molecule has 0 spiro atoms. The second-order valence-corrected chi connectivity index (χ2v) is 6.25. The highest BCUT2D eigenvalue weighted by molar-refractivity contribution is 9.09. The Morgan fingerprint density at radius 3 is 2.50 bits per heavy atom. The van der Waals surface area contributed by atoms with Crippen molar-refractivity contribution in [2.75, 3.05) is 5.33 Å². The van der Waals surface area contributed by atoms with Gasteiger partial charge in [-0.05, 0) is 37.2 Å². The topological polar surface area (TPSA) is 17.8 Å². The lowest BCUT2D eigenvalue weighted by Crippen LogP contribution is -2.32. The first-order valence-corrected chi connectivity index (χ1v) is 8.47. The van der Waals surface area contributed by atoms with Crippen molar-refractivity contribution in [1.82, 2.24) is 9.78 Å². The summed E-state index contributed by atoms with van der Waals surface area (Å²) in [5, 5.41) is 5.90. The Labute approximate surface area is 119 Å². The molecule has 102 valence electrons. The van der Waals surface area contributed by atoms with Crippen LogP contribution in [0, 0.1) is 5.41 Å². The lowest BCUT2D eigenvalue weighted by Gasteiger charge is -2.36. The Morgan fingerprint density at radius 1 is 1.22 bits per heavy atom. The van der Waals surface area contributed by atoms with Gasteiger partial charge in [0.05, 0.1) is 5.69 Å². The van der Waals surface area contributed by atoms with Crippen LogP contribution in [0.3, 0.4) is 0 Å². The molecule has 1 aromatic rings. The van der Waals surface area contributed by atoms with Crippen LogP contribution >= 0.6 is 15.9 Å². The zero-order valence-corrected chi connectivity index (χ0v) is 13.3. The molecule has 0 aromatic carbocycles. The van der Waals surface area contributed by atoms with E-state index in [0.29, 0.717) is 5.41 Å². The van der Waals surface area contributed by atoms with Gasteiger partial charge in [-0.15, -0.1) is 0 Å². The van der Waals surface area contributed by atoms with E-state index in [-0.39, 0.29) is 0 Å². The summed E-state index contributed by atoms with van der Waals surface area (Å²) < 4.78 is 2.28. The molecule has 0 bridgehead atoms. The van der Waals surface area contributed by atoms with Gasteiger partial charge in [0.2, 0.25) is 0 Å². The first-order chi connectivity index (χ1) is 8.73. The molecule has 0 atom stereocenters. The fraction of sp³-hybridized carbons (Fsp3) is 0.800. The van der Waals surface area contributed by atoms with Gasteiger partial charge >= 0.3 is 0 Å². The third-order valence-electron chi connectivity index (χ3n) is 4.32. The lowest BCUT2D eigenvalue weighted by molar-refractivity contribution is 0.181. The number of alkyl halides is 1. The monoisotopic (exact) mass is 312 g/mol. The smallest absolute Gasteiger partial charge is 0.0624 e. The van der Waals surface area contributed by atoms with Gasteiger partial charge in [-0.2, -0.15) is 5.10 Å². The summed E-state index contributed by atoms with van der Waals surface area (Å²) in [6.45, 7) is 5.52. The number of rotatable bonds is 5. The van der Waals surface area contributed by atoms with Crippen LogP contribution in [0.1, 0.15) is 57.3 Å². The van der Waals surface area contributed by atoms with Gasteiger partial charge in [-0.3, -0.25) is 4.68 Å². The van der Waals surface area contributed by atoms with Gasteiger partial charge in [-0.25, -0.2) is 0 Å². The van der Waals surface area contributed by atoms with Crippen molar-refractivity contribution in [1.29, 1.82) is 0 Å². The fourth-order valence-electron chi connectivity index (χ4n) is 3.06. The number of hydrogen-bond donors (Lipinski definition) is 0. The molecule has 0 aliphatic heterocycles. The highest BCUT2D eigenvalue weighted by Crippen LogP contribution is 2.39. The maximum Gasteiger partial charge on any atom is 0.0624 e. The van der Waals surface area contributed by atoms with Crippen molar-refractivity contribution >= 4 is 15.9 Å². The fourth-order valence-corrected chi connectivity index (χ4v) is 3.80. The van der Waals surface area contributed by atoms with Crippen LogP contribution in [-0.2, 0) is 19.4 Å². The Balaban J connectivity index is 2.17. The largest absolute Gasteiger partial charge is 0.269 e. The van der Waals surface area contributed by atoms with E-state index in [2.05, 4.69) is 40.5 Å². The summed E-state index contributed by atoms with van der Waals surface area (Å²) in [5.41, 5.74) is 3.09. The van der Waals surface area contributed by atoms with Crippen molar-refractivity contribution in [3.63, 3.8) is 0 Å². The van der Waals surface area contributed by atoms with Crippen LogP contribution in [0.2, 0.25) is 0 Å². The van der Waals surface area contributed by atoms with E-state index in [1.54, 1.807) is 0 Å². The van der Waals surface area contributed by atoms with Gasteiger partial charge < -0.3 is 0 Å². The van der Waals surface area contributed by atoms with E-state index < -0.39 is 0 Å². The third-order valence-corrected chi connectivity index (χ3v) is 5.51. The van der Waals surface area contributed by atoms with Crippen molar-refractivity contribution in [2.45, 2.75) is 65.3 Å². The maximum atomic E-state index is 4.78. The van der Waals surface area contributed by atoms with Crippen molar-refractivity contribution in [3.05, 3.63) is 17.5 Å². The van der Waals surface area contributed by atoms with Crippen LogP contribution in [0.5, 0.6) is 0 Å². The summed E-state index contributed by atoms with van der Waals surface area (Å²) in [4.78, 5) is 0. The molecule has 3 heteroatoms. The minimum Gasteiger partial charge on any atom is -0.269 e. The minimum atomic E-state index is 0.444. The van der Waals surface area contributed by atoms with E-state index in [9.17, 15) is 0 Å². The lowest BCUT2D eigenvalue weighted by atomic mass is 9.75. The molecule has 18 heavy (non-hydrogen) atoms. The molecular formula is C15H25BrN2. The van der Waals surface area contributed by atoms with Crippen molar-refractivity contribution < 1.29 is 0 Å². The number of aromatic nitrogens is 2. The Hall–Kier alpha value is -0.310. The summed E-state index contributed by atoms with van der Waals surface area (Å²) in [6, 6.07) is 2.28. The van der Waals surface area contributed by atoms with Crippen molar-refractivity contribution in [3.8, 4) is 0 Å². The van der Waals surface area contributed by atoms with Gasteiger partial charge in [0.1, 0.15) is 0 Å². The first-order valence-electron chi connectivity index (χ1n) is 7.34. The standard InChI is InChI=1S/C15H25BrN2/c1-3-13-10-14(4-2)18(17-13)12-15(11-16)8-6-5-7-9-15/h10H,3-9,11-12H2,1-2H3. The molecule has 0 saturated heterocycles. The zero-order chi connectivity index (χ0) is 13.0. The molecular weight excluding hydrogens is 288 g/mol. The average Bonchev–Trinajstić information content (AvgIpc) is 2.82. The number of nitrogens with zero attached hydrogens (tertiary/aromatic N) is 2. The summed E-state index contributed by atoms with van der Waals surface area (Å²) in [7, 11) is 0. The number of halogens is 1. The van der Waals surface area contributed by atoms with E-state index in [1.165, 1.54) is 43.5 Å². The van der Waals surface area contributed by atoms with Gasteiger partial charge in [-0.1, -0.05) is 49.0 Å². The Morgan fingerprint density at radius 2 is 1.94 bits per heavy atom. The molecule has 0 N–H and O–H groups in total. The molecule has 0 unspecified atom stereocenters. The van der Waals surface area contributed by atoms with Crippen LogP contribution in [0.25, 0.3) is 0 Å². The van der Waals surface area contributed by atoms with E-state index in [0.717, 1.165) is 24.7 Å². The van der Waals surface area contributed by atoms with E-state index in [4.69, 9.17) is 5.10 Å². The summed E-state index contributed by atoms with van der Waals surface area (Å²) in [5.74, 6) is 0. The second kappa shape index (κ2) is 6.23. The number of hydrogen-bond acceptors (Lipinski definition) is 1. The second-order valence-electron chi connectivity index (χ2n) is 5.69. The maximum absolute atomic E-state index is 4.78. The first kappa shape index (κ1) is 14.1. The SMILES string of the molecule is CCc1cc(CC)n(CC2(CBr)CCCCC2)n1. The predicted octanol–water partition coefficient (Wildman–Crippen LogP) is 4.35. The molecule has 2 nitrogen and oxygen atoms in total. The molecule has 0 amide bonds. The molecule has 0 radical (unpaired) electrons. The molecule has 1 heterocycles. The van der Waals surface area contributed by atoms with Gasteiger partial charge in [0, 0.05) is 17.6 Å². The van der Waals surface area contributed by atoms with Crippen LogP contribution in [0.4, 0.5) is 0 Å². The summed E-state index contributed by atoms with van der Waals surface area (Å²) >= 11 is 3.75. The van der Waals surface area contributed by atoms with Crippen LogP contribution in [0.15, 0.2) is 6.07 Å². The van der Waals surface area contributed by atoms with Gasteiger partial charge in [0.25, 0.3) is 0 Å². The van der Waals surface area contributed by atoms with Crippen LogP contribution in [-0.4, -0.2) is 15.1 Å². The zero-order valence-electron chi connectivity index (χ0n) is 11.7. The molecule has 1 aliphatic rings. The van der Waals surface area contributed by atoms with E-state index >= 15 is 0 Å². The highest BCUT2D eigenvalue weighted by atomic mass is 79.9. The van der Waals surface area contributed by atoms with Crippen LogP contribution < -0.4 is 0 Å². The Kier molecular flexibility index (Phi) is 4.88. The van der Waals surface area contributed by atoms with Crippen molar-refractivity contribution in [2.24, 2.45) is 5.41 Å². The Bertz CT molecular complexity index is 378.